The Morgan fingerprint density at radius 3 is 2.45 bits per heavy atom. The second-order valence-corrected chi connectivity index (χ2v) is 5.75. The fourth-order valence-corrected chi connectivity index (χ4v) is 2.86. The Labute approximate surface area is 126 Å². The van der Waals surface area contributed by atoms with Gasteiger partial charge >= 0.3 is 0 Å². The minimum atomic E-state index is 0.129. The fourth-order valence-electron chi connectivity index (χ4n) is 2.56. The maximum Gasteiger partial charge on any atom is 0.106 e. The highest BCUT2D eigenvalue weighted by atomic mass is 35.5. The average Bonchev–Trinajstić information content (AvgIpc) is 2.68. The molecule has 0 aliphatic heterocycles. The van der Waals surface area contributed by atoms with Gasteiger partial charge in [-0.25, -0.2) is 0 Å². The van der Waals surface area contributed by atoms with Gasteiger partial charge in [-0.1, -0.05) is 24.6 Å². The number of benzene rings is 1. The number of hydrogen-bond donors (Lipinski definition) is 1. The molecule has 0 spiro atoms. The number of aryl methyl sites for hydroxylation is 3. The minimum Gasteiger partial charge on any atom is -0.466 e. The van der Waals surface area contributed by atoms with Gasteiger partial charge in [-0.05, 0) is 63.1 Å². The van der Waals surface area contributed by atoms with Crippen LogP contribution in [0.3, 0.4) is 0 Å². The lowest BCUT2D eigenvalue weighted by molar-refractivity contribution is 0.493. The summed E-state index contributed by atoms with van der Waals surface area (Å²) in [6, 6.07) is 8.43. The van der Waals surface area contributed by atoms with Crippen LogP contribution in [0.4, 0.5) is 0 Å². The van der Waals surface area contributed by atoms with E-state index in [1.165, 1.54) is 16.7 Å². The lowest BCUT2D eigenvalue weighted by atomic mass is 9.97. The molecule has 0 radical (unpaired) electrons. The molecule has 3 heteroatoms. The van der Waals surface area contributed by atoms with E-state index in [-0.39, 0.29) is 6.04 Å². The fraction of sp³-hybridized carbons (Fsp3) is 0.412. The highest BCUT2D eigenvalue weighted by Crippen LogP contribution is 2.29. The van der Waals surface area contributed by atoms with Crippen LogP contribution in [0, 0.1) is 20.8 Å². The van der Waals surface area contributed by atoms with Crippen molar-refractivity contribution in [2.24, 2.45) is 0 Å². The summed E-state index contributed by atoms with van der Waals surface area (Å²) in [5, 5.41) is 4.37. The van der Waals surface area contributed by atoms with E-state index in [4.69, 9.17) is 16.0 Å². The van der Waals surface area contributed by atoms with Gasteiger partial charge in [0, 0.05) is 10.6 Å². The van der Waals surface area contributed by atoms with Crippen molar-refractivity contribution >= 4 is 11.6 Å². The zero-order valence-corrected chi connectivity index (χ0v) is 13.3. The molecule has 0 fully saturated rings. The maximum atomic E-state index is 6.21. The summed E-state index contributed by atoms with van der Waals surface area (Å²) in [4.78, 5) is 0. The van der Waals surface area contributed by atoms with Gasteiger partial charge in [-0.15, -0.1) is 0 Å². The Hall–Kier alpha value is -1.25. The molecule has 2 nitrogen and oxygen atoms in total. The van der Waals surface area contributed by atoms with E-state index in [0.29, 0.717) is 0 Å². The zero-order chi connectivity index (χ0) is 14.7. The molecule has 0 amide bonds. The van der Waals surface area contributed by atoms with Gasteiger partial charge in [-0.3, -0.25) is 0 Å². The van der Waals surface area contributed by atoms with E-state index in [9.17, 15) is 0 Å². The molecule has 1 unspecified atom stereocenters. The standard InChI is InChI=1S/C17H22ClNO/c1-5-6-19-17(16-9-12(3)20-13(16)4)14-7-11(2)8-15(18)10-14/h7-10,17,19H,5-6H2,1-4H3. The summed E-state index contributed by atoms with van der Waals surface area (Å²) in [6.45, 7) is 9.19. The van der Waals surface area contributed by atoms with Crippen molar-refractivity contribution in [3.63, 3.8) is 0 Å². The van der Waals surface area contributed by atoms with Crippen molar-refractivity contribution < 1.29 is 4.42 Å². The summed E-state index contributed by atoms with van der Waals surface area (Å²) >= 11 is 6.21. The average molecular weight is 292 g/mol. The molecule has 1 atom stereocenters. The topological polar surface area (TPSA) is 25.2 Å². The van der Waals surface area contributed by atoms with Crippen LogP contribution < -0.4 is 5.32 Å². The number of nitrogens with one attached hydrogen (secondary N) is 1. The minimum absolute atomic E-state index is 0.129. The van der Waals surface area contributed by atoms with E-state index in [0.717, 1.165) is 29.5 Å². The van der Waals surface area contributed by atoms with Gasteiger partial charge in [-0.2, -0.15) is 0 Å². The normalized spacial score (nSPS) is 12.7. The van der Waals surface area contributed by atoms with Crippen LogP contribution >= 0.6 is 11.6 Å². The molecule has 1 N–H and O–H groups in total. The Morgan fingerprint density at radius 2 is 1.90 bits per heavy atom. The van der Waals surface area contributed by atoms with Crippen LogP contribution in [0.15, 0.2) is 28.7 Å². The summed E-state index contributed by atoms with van der Waals surface area (Å²) in [7, 11) is 0. The number of rotatable bonds is 5. The van der Waals surface area contributed by atoms with Crippen molar-refractivity contribution in [1.29, 1.82) is 0 Å². The molecule has 108 valence electrons. The molecule has 0 saturated heterocycles. The lowest BCUT2D eigenvalue weighted by Crippen LogP contribution is -2.23. The molecule has 2 aromatic rings. The summed E-state index contributed by atoms with van der Waals surface area (Å²) < 4.78 is 5.68. The zero-order valence-electron chi connectivity index (χ0n) is 12.6. The third-order valence-corrected chi connectivity index (χ3v) is 3.60. The van der Waals surface area contributed by atoms with Crippen LogP contribution in [0.1, 0.15) is 47.6 Å². The quantitative estimate of drug-likeness (QED) is 0.843. The van der Waals surface area contributed by atoms with E-state index in [1.54, 1.807) is 0 Å². The van der Waals surface area contributed by atoms with E-state index >= 15 is 0 Å². The van der Waals surface area contributed by atoms with Crippen LogP contribution in [0.5, 0.6) is 0 Å². The number of furan rings is 1. The van der Waals surface area contributed by atoms with Crippen molar-refractivity contribution in [1.82, 2.24) is 5.32 Å². The Morgan fingerprint density at radius 1 is 1.15 bits per heavy atom. The third kappa shape index (κ3) is 3.44. The molecule has 20 heavy (non-hydrogen) atoms. The molecular weight excluding hydrogens is 270 g/mol. The van der Waals surface area contributed by atoms with E-state index < -0.39 is 0 Å². The number of hydrogen-bond acceptors (Lipinski definition) is 2. The molecule has 0 bridgehead atoms. The number of halogens is 1. The van der Waals surface area contributed by atoms with Crippen LogP contribution in [0.25, 0.3) is 0 Å². The molecular formula is C17H22ClNO. The third-order valence-electron chi connectivity index (χ3n) is 3.39. The first-order valence-corrected chi connectivity index (χ1v) is 7.46. The predicted molar refractivity (Wildman–Crippen MR) is 84.5 cm³/mol. The highest BCUT2D eigenvalue weighted by molar-refractivity contribution is 6.30. The summed E-state index contributed by atoms with van der Waals surface area (Å²) in [5.74, 6) is 1.91. The second kappa shape index (κ2) is 6.47. The van der Waals surface area contributed by atoms with Gasteiger partial charge in [0.15, 0.2) is 0 Å². The highest BCUT2D eigenvalue weighted by Gasteiger charge is 2.19. The Kier molecular flexibility index (Phi) is 4.90. The molecule has 1 aromatic carbocycles. The van der Waals surface area contributed by atoms with Crippen LogP contribution in [-0.4, -0.2) is 6.54 Å². The SMILES string of the molecule is CCCNC(c1cc(C)cc(Cl)c1)c1cc(C)oc1C. The lowest BCUT2D eigenvalue weighted by Gasteiger charge is -2.19. The van der Waals surface area contributed by atoms with Crippen molar-refractivity contribution in [3.8, 4) is 0 Å². The van der Waals surface area contributed by atoms with Crippen molar-refractivity contribution in [2.75, 3.05) is 6.54 Å². The van der Waals surface area contributed by atoms with Gasteiger partial charge < -0.3 is 9.73 Å². The van der Waals surface area contributed by atoms with Gasteiger partial charge in [0.25, 0.3) is 0 Å². The first-order valence-electron chi connectivity index (χ1n) is 7.08. The van der Waals surface area contributed by atoms with E-state index in [2.05, 4.69) is 31.3 Å². The maximum absolute atomic E-state index is 6.21. The Bertz CT molecular complexity index is 568. The van der Waals surface area contributed by atoms with Crippen LogP contribution in [0.2, 0.25) is 5.02 Å². The Balaban J connectivity index is 2.43. The first-order chi connectivity index (χ1) is 9.51. The summed E-state index contributed by atoms with van der Waals surface area (Å²) in [5.41, 5.74) is 3.55. The molecule has 0 saturated carbocycles. The monoisotopic (exact) mass is 291 g/mol. The molecule has 1 aromatic heterocycles. The smallest absolute Gasteiger partial charge is 0.106 e. The van der Waals surface area contributed by atoms with Gasteiger partial charge in [0.1, 0.15) is 11.5 Å². The first kappa shape index (κ1) is 15.1. The molecule has 0 aliphatic carbocycles. The summed E-state index contributed by atoms with van der Waals surface area (Å²) in [6.07, 6.45) is 1.09. The van der Waals surface area contributed by atoms with E-state index in [1.807, 2.05) is 26.0 Å². The van der Waals surface area contributed by atoms with Crippen molar-refractivity contribution in [3.05, 3.63) is 57.5 Å². The van der Waals surface area contributed by atoms with Crippen molar-refractivity contribution in [2.45, 2.75) is 40.2 Å². The molecule has 0 aliphatic rings. The van der Waals surface area contributed by atoms with Gasteiger partial charge in [0.05, 0.1) is 6.04 Å². The second-order valence-electron chi connectivity index (χ2n) is 5.32. The van der Waals surface area contributed by atoms with Gasteiger partial charge in [0.2, 0.25) is 0 Å². The molecule has 2 rings (SSSR count). The van der Waals surface area contributed by atoms with Crippen LogP contribution in [-0.2, 0) is 0 Å². The largest absolute Gasteiger partial charge is 0.466 e. The predicted octanol–water partition coefficient (Wildman–Crippen LogP) is 4.95. The molecule has 1 heterocycles.